The van der Waals surface area contributed by atoms with Gasteiger partial charge in [-0.25, -0.2) is 9.78 Å². The van der Waals surface area contributed by atoms with E-state index < -0.39 is 12.6 Å². The maximum atomic E-state index is 13.1. The van der Waals surface area contributed by atoms with E-state index in [1.807, 2.05) is 19.9 Å². The van der Waals surface area contributed by atoms with Crippen LogP contribution in [0.3, 0.4) is 0 Å². The van der Waals surface area contributed by atoms with Crippen LogP contribution in [0.15, 0.2) is 44.7 Å². The van der Waals surface area contributed by atoms with Crippen molar-refractivity contribution in [3.63, 3.8) is 0 Å². The second kappa shape index (κ2) is 9.49. The highest BCUT2D eigenvalue weighted by atomic mass is 79.9. The lowest BCUT2D eigenvalue weighted by atomic mass is 10.2. The van der Waals surface area contributed by atoms with Crippen molar-refractivity contribution < 1.29 is 19.4 Å². The molecule has 0 saturated carbocycles. The quantitative estimate of drug-likeness (QED) is 0.478. The lowest BCUT2D eigenvalue weighted by Gasteiger charge is -2.14. The van der Waals surface area contributed by atoms with Gasteiger partial charge in [-0.3, -0.25) is 4.79 Å². The number of carboxylic acid groups (broad SMARTS) is 1. The van der Waals surface area contributed by atoms with E-state index in [4.69, 9.17) is 26.2 Å². The van der Waals surface area contributed by atoms with Gasteiger partial charge in [0, 0.05) is 27.0 Å². The molecule has 0 aliphatic carbocycles. The number of hydrogen-bond acceptors (Lipinski definition) is 6. The van der Waals surface area contributed by atoms with Gasteiger partial charge in [-0.1, -0.05) is 41.4 Å². The van der Waals surface area contributed by atoms with Crippen LogP contribution in [-0.4, -0.2) is 40.7 Å². The number of benzene rings is 2. The summed E-state index contributed by atoms with van der Waals surface area (Å²) in [6, 6.07) is 8.30. The Hall–Kier alpha value is -2.91. The normalized spacial score (nSPS) is 11.4. The number of carboxylic acids is 1. The molecule has 1 N–H and O–H groups in total. The number of aromatic nitrogens is 2. The molecule has 0 radical (unpaired) electrons. The number of carbonyl (C=O) groups is 1. The fourth-order valence-corrected chi connectivity index (χ4v) is 3.47. The van der Waals surface area contributed by atoms with Gasteiger partial charge in [0.05, 0.1) is 24.2 Å². The van der Waals surface area contributed by atoms with Gasteiger partial charge >= 0.3 is 5.97 Å². The maximum Gasteiger partial charge on any atom is 0.341 e. The van der Waals surface area contributed by atoms with Gasteiger partial charge in [-0.2, -0.15) is 9.78 Å². The molecule has 0 aliphatic heterocycles. The molecule has 0 fully saturated rings. The summed E-state index contributed by atoms with van der Waals surface area (Å²) in [4.78, 5) is 28.7. The van der Waals surface area contributed by atoms with E-state index in [2.05, 4.69) is 26.0 Å². The van der Waals surface area contributed by atoms with Crippen LogP contribution in [0.4, 0.5) is 0 Å². The van der Waals surface area contributed by atoms with Gasteiger partial charge < -0.3 is 14.6 Å². The van der Waals surface area contributed by atoms with Crippen molar-refractivity contribution in [2.24, 2.45) is 5.10 Å². The summed E-state index contributed by atoms with van der Waals surface area (Å²) in [5, 5.41) is 14.0. The molecule has 0 unspecified atom stereocenters. The molecule has 0 amide bonds. The van der Waals surface area contributed by atoms with Crippen LogP contribution in [-0.2, 0) is 4.79 Å². The molecule has 0 bridgehead atoms. The minimum Gasteiger partial charge on any atom is -0.493 e. The highest BCUT2D eigenvalue weighted by Gasteiger charge is 2.16. The van der Waals surface area contributed by atoms with Crippen LogP contribution in [0, 0.1) is 0 Å². The summed E-state index contributed by atoms with van der Waals surface area (Å²) >= 11 is 9.52. The number of methoxy groups -OCH3 is 1. The zero-order chi connectivity index (χ0) is 22.7. The standard InChI is InChI=1S/C21H19BrClN3O5/c1-11(2)20-25-16-5-4-13(22)7-15(16)21(29)26(20)24-9-12-6-14(23)8-17(30-3)19(12)31-10-18(27)28/h4-9,11H,10H2,1-3H3,(H,27,28). The summed E-state index contributed by atoms with van der Waals surface area (Å²) in [6.45, 7) is 3.23. The fourth-order valence-electron chi connectivity index (χ4n) is 2.90. The third-order valence-electron chi connectivity index (χ3n) is 4.27. The summed E-state index contributed by atoms with van der Waals surface area (Å²) in [6.07, 6.45) is 1.37. The Balaban J connectivity index is 2.18. The van der Waals surface area contributed by atoms with Crippen molar-refractivity contribution in [2.75, 3.05) is 13.7 Å². The van der Waals surface area contributed by atoms with Crippen molar-refractivity contribution >= 4 is 50.6 Å². The first-order valence-electron chi connectivity index (χ1n) is 9.20. The molecule has 1 heterocycles. The molecule has 2 aromatic carbocycles. The van der Waals surface area contributed by atoms with Gasteiger partial charge in [0.2, 0.25) is 0 Å². The topological polar surface area (TPSA) is 103 Å². The second-order valence-corrected chi connectivity index (χ2v) is 8.21. The molecule has 10 heteroatoms. The highest BCUT2D eigenvalue weighted by molar-refractivity contribution is 9.10. The Kier molecular flexibility index (Phi) is 6.97. The summed E-state index contributed by atoms with van der Waals surface area (Å²) in [7, 11) is 1.41. The third kappa shape index (κ3) is 5.05. The van der Waals surface area contributed by atoms with E-state index in [0.717, 1.165) is 4.47 Å². The van der Waals surface area contributed by atoms with Crippen molar-refractivity contribution in [1.82, 2.24) is 9.66 Å². The average molecular weight is 509 g/mol. The summed E-state index contributed by atoms with van der Waals surface area (Å²) in [5.41, 5.74) is 0.577. The molecule has 0 saturated heterocycles. The zero-order valence-electron chi connectivity index (χ0n) is 16.9. The van der Waals surface area contributed by atoms with E-state index in [0.29, 0.717) is 27.3 Å². The van der Waals surface area contributed by atoms with E-state index in [1.165, 1.54) is 30.1 Å². The number of hydrogen-bond donors (Lipinski definition) is 1. The summed E-state index contributed by atoms with van der Waals surface area (Å²) < 4.78 is 12.6. The Morgan fingerprint density at radius 2 is 2.10 bits per heavy atom. The average Bonchev–Trinajstić information content (AvgIpc) is 2.71. The predicted molar refractivity (Wildman–Crippen MR) is 122 cm³/mol. The van der Waals surface area contributed by atoms with E-state index in [9.17, 15) is 9.59 Å². The van der Waals surface area contributed by atoms with Crippen LogP contribution in [0.1, 0.15) is 31.2 Å². The van der Waals surface area contributed by atoms with E-state index in [1.54, 1.807) is 12.1 Å². The Labute approximate surface area is 191 Å². The highest BCUT2D eigenvalue weighted by Crippen LogP contribution is 2.34. The van der Waals surface area contributed by atoms with Gasteiger partial charge in [0.25, 0.3) is 5.56 Å². The number of ether oxygens (including phenoxy) is 2. The molecule has 162 valence electrons. The van der Waals surface area contributed by atoms with E-state index >= 15 is 0 Å². The van der Waals surface area contributed by atoms with Crippen LogP contribution in [0.5, 0.6) is 11.5 Å². The van der Waals surface area contributed by atoms with Gasteiger partial charge in [0.15, 0.2) is 18.1 Å². The third-order valence-corrected chi connectivity index (χ3v) is 4.98. The number of nitrogens with zero attached hydrogens (tertiary/aromatic N) is 3. The molecule has 3 rings (SSSR count). The molecule has 0 spiro atoms. The van der Waals surface area contributed by atoms with Crippen molar-refractivity contribution in [3.8, 4) is 11.5 Å². The second-order valence-electron chi connectivity index (χ2n) is 6.86. The Bertz CT molecular complexity index is 1240. The molecule has 8 nitrogen and oxygen atoms in total. The number of aliphatic carboxylic acids is 1. The van der Waals surface area contributed by atoms with Gasteiger partial charge in [-0.05, 0) is 24.3 Å². The number of rotatable bonds is 7. The summed E-state index contributed by atoms with van der Waals surface area (Å²) in [5.74, 6) is -0.379. The smallest absolute Gasteiger partial charge is 0.341 e. The SMILES string of the molecule is COc1cc(Cl)cc(C=Nn2c(C(C)C)nc3ccc(Br)cc3c2=O)c1OCC(=O)O. The zero-order valence-corrected chi connectivity index (χ0v) is 19.3. The monoisotopic (exact) mass is 507 g/mol. The molecule has 1 aromatic heterocycles. The minimum absolute atomic E-state index is 0.0884. The van der Waals surface area contributed by atoms with Gasteiger partial charge in [0.1, 0.15) is 5.82 Å². The van der Waals surface area contributed by atoms with Crippen LogP contribution < -0.4 is 15.0 Å². The number of halogens is 2. The first-order chi connectivity index (χ1) is 14.7. The minimum atomic E-state index is -1.15. The molecule has 31 heavy (non-hydrogen) atoms. The van der Waals surface area contributed by atoms with Crippen molar-refractivity contribution in [3.05, 3.63) is 61.6 Å². The fraction of sp³-hybridized carbons (Fsp3) is 0.238. The molecule has 0 aliphatic rings. The lowest BCUT2D eigenvalue weighted by Crippen LogP contribution is -2.23. The Morgan fingerprint density at radius 3 is 2.74 bits per heavy atom. The first-order valence-corrected chi connectivity index (χ1v) is 10.4. The predicted octanol–water partition coefficient (Wildman–Crippen LogP) is 4.29. The number of fused-ring (bicyclic) bond motifs is 1. The van der Waals surface area contributed by atoms with Gasteiger partial charge in [-0.15, -0.1) is 0 Å². The molecule has 0 atom stereocenters. The van der Waals surface area contributed by atoms with Crippen LogP contribution in [0.2, 0.25) is 5.02 Å². The molecule has 3 aromatic rings. The first kappa shape index (κ1) is 22.8. The lowest BCUT2D eigenvalue weighted by molar-refractivity contribution is -0.139. The van der Waals surface area contributed by atoms with Crippen molar-refractivity contribution in [1.29, 1.82) is 0 Å². The largest absolute Gasteiger partial charge is 0.493 e. The Morgan fingerprint density at radius 1 is 1.35 bits per heavy atom. The van der Waals surface area contributed by atoms with Crippen LogP contribution in [0.25, 0.3) is 10.9 Å². The van der Waals surface area contributed by atoms with Crippen LogP contribution >= 0.6 is 27.5 Å². The van der Waals surface area contributed by atoms with Crippen molar-refractivity contribution in [2.45, 2.75) is 19.8 Å². The molecular weight excluding hydrogens is 490 g/mol. The maximum absolute atomic E-state index is 13.1. The molecular formula is C21H19BrClN3O5. The van der Waals surface area contributed by atoms with E-state index in [-0.39, 0.29) is 23.0 Å².